The topological polar surface area (TPSA) is 105 Å². The van der Waals surface area contributed by atoms with Gasteiger partial charge in [0.15, 0.2) is 0 Å². The van der Waals surface area contributed by atoms with Gasteiger partial charge < -0.3 is 15.2 Å². The minimum atomic E-state index is -0.550. The Hall–Kier alpha value is -4.40. The molecule has 0 radical (unpaired) electrons. The maximum Gasteiger partial charge on any atom is 0.330 e. The second-order valence-electron chi connectivity index (χ2n) is 7.82. The Bertz CT molecular complexity index is 1180. The van der Waals surface area contributed by atoms with Crippen LogP contribution in [0.1, 0.15) is 28.1 Å². The van der Waals surface area contributed by atoms with Gasteiger partial charge in [0.05, 0.1) is 24.1 Å². The number of rotatable bonds is 7. The molecule has 4 aromatic rings. The number of hydrogen-bond acceptors (Lipinski definition) is 5. The van der Waals surface area contributed by atoms with Crippen molar-refractivity contribution >= 4 is 17.7 Å². The number of imide groups is 1. The monoisotopic (exact) mass is 458 g/mol. The highest BCUT2D eigenvalue weighted by molar-refractivity contribution is 6.13. The summed E-state index contributed by atoms with van der Waals surface area (Å²) >= 11 is 0. The van der Waals surface area contributed by atoms with Crippen molar-refractivity contribution in [3.63, 3.8) is 0 Å². The Morgan fingerprint density at radius 3 is 1.97 bits per heavy atom. The van der Waals surface area contributed by atoms with E-state index in [-0.39, 0.29) is 13.1 Å². The fraction of sp³-hybridized carbons (Fsp3) is 0.200. The van der Waals surface area contributed by atoms with E-state index in [0.717, 1.165) is 27.3 Å². The van der Waals surface area contributed by atoms with Crippen LogP contribution in [-0.4, -0.2) is 27.0 Å². The van der Waals surface area contributed by atoms with Gasteiger partial charge in [0.25, 0.3) is 0 Å². The largest absolute Gasteiger partial charge is 0.361 e. The van der Waals surface area contributed by atoms with E-state index in [1.807, 2.05) is 74.5 Å². The summed E-state index contributed by atoms with van der Waals surface area (Å²) in [7, 11) is 0. The van der Waals surface area contributed by atoms with Crippen molar-refractivity contribution in [2.24, 2.45) is 0 Å². The van der Waals surface area contributed by atoms with E-state index in [9.17, 15) is 9.59 Å². The summed E-state index contributed by atoms with van der Waals surface area (Å²) in [5.41, 5.74) is 3.88. The lowest BCUT2D eigenvalue weighted by atomic mass is 10.2. The van der Waals surface area contributed by atoms with E-state index in [1.54, 1.807) is 10.9 Å². The first-order chi connectivity index (χ1) is 16.5. The maximum atomic E-state index is 13.1. The molecule has 0 bridgehead atoms. The number of aryl methyl sites for hydroxylation is 2. The molecule has 9 heteroatoms. The number of carbonyl (C=O) groups excluding carboxylic acids is 2. The minimum absolute atomic E-state index is 0.287. The predicted molar refractivity (Wildman–Crippen MR) is 127 cm³/mol. The van der Waals surface area contributed by atoms with Crippen LogP contribution < -0.4 is 15.5 Å². The minimum Gasteiger partial charge on any atom is -0.361 e. The van der Waals surface area contributed by atoms with Crippen LogP contribution in [0.15, 0.2) is 77.6 Å². The zero-order chi connectivity index (χ0) is 23.9. The van der Waals surface area contributed by atoms with Gasteiger partial charge in [-0.25, -0.2) is 14.5 Å². The lowest BCUT2D eigenvalue weighted by Gasteiger charge is -2.20. The zero-order valence-corrected chi connectivity index (χ0v) is 19.1. The molecule has 2 N–H and O–H groups in total. The lowest BCUT2D eigenvalue weighted by Crippen LogP contribution is -2.48. The first-order valence-electron chi connectivity index (χ1n) is 10.9. The lowest BCUT2D eigenvalue weighted by molar-refractivity contribution is 0.234. The summed E-state index contributed by atoms with van der Waals surface area (Å²) in [6.45, 7) is 4.67. The third kappa shape index (κ3) is 5.50. The molecule has 0 fully saturated rings. The first kappa shape index (κ1) is 22.8. The van der Waals surface area contributed by atoms with E-state index >= 15 is 0 Å². The molecule has 0 aliphatic carbocycles. The normalized spacial score (nSPS) is 10.6. The number of anilines is 1. The van der Waals surface area contributed by atoms with Crippen molar-refractivity contribution in [1.82, 2.24) is 25.6 Å². The van der Waals surface area contributed by atoms with Gasteiger partial charge in [-0.05, 0) is 25.0 Å². The van der Waals surface area contributed by atoms with Crippen molar-refractivity contribution < 1.29 is 14.1 Å². The average Bonchev–Trinajstić information content (AvgIpc) is 3.45. The van der Waals surface area contributed by atoms with Crippen LogP contribution in [0.4, 0.5) is 15.3 Å². The molecule has 0 spiro atoms. The molecule has 4 rings (SSSR count). The molecule has 2 heterocycles. The average molecular weight is 459 g/mol. The summed E-state index contributed by atoms with van der Waals surface area (Å²) in [6.07, 6.45) is 3.14. The van der Waals surface area contributed by atoms with Crippen LogP contribution in [0.2, 0.25) is 0 Å². The van der Waals surface area contributed by atoms with Gasteiger partial charge in [0.1, 0.15) is 5.76 Å². The highest BCUT2D eigenvalue weighted by Gasteiger charge is 2.25. The van der Waals surface area contributed by atoms with Gasteiger partial charge in [0, 0.05) is 24.8 Å². The summed E-state index contributed by atoms with van der Waals surface area (Å²) in [5.74, 6) is 0.701. The Balaban J connectivity index is 1.52. The molecular weight excluding hydrogens is 432 g/mol. The van der Waals surface area contributed by atoms with E-state index in [4.69, 9.17) is 4.52 Å². The number of nitrogens with zero attached hydrogens (tertiary/aromatic N) is 4. The van der Waals surface area contributed by atoms with E-state index < -0.39 is 12.1 Å². The number of carbonyl (C=O) groups is 2. The number of urea groups is 2. The van der Waals surface area contributed by atoms with Crippen LogP contribution in [-0.2, 0) is 19.6 Å². The third-order valence-electron chi connectivity index (χ3n) is 5.36. The zero-order valence-electron chi connectivity index (χ0n) is 19.1. The van der Waals surface area contributed by atoms with E-state index in [2.05, 4.69) is 20.9 Å². The molecule has 0 saturated carbocycles. The molecule has 34 heavy (non-hydrogen) atoms. The van der Waals surface area contributed by atoms with Gasteiger partial charge in [-0.1, -0.05) is 65.8 Å². The molecule has 174 valence electrons. The van der Waals surface area contributed by atoms with Gasteiger partial charge in [-0.2, -0.15) is 5.10 Å². The Kier molecular flexibility index (Phi) is 7.02. The van der Waals surface area contributed by atoms with Crippen molar-refractivity contribution in [3.05, 3.63) is 101 Å². The van der Waals surface area contributed by atoms with Crippen molar-refractivity contribution in [1.29, 1.82) is 0 Å². The number of nitrogens with one attached hydrogen (secondary N) is 2. The SMILES string of the molecule is Cc1noc(C)c1Cn1cc(N(C(=O)NCc2ccccc2)C(=O)NCc2ccccc2)cn1. The maximum absolute atomic E-state index is 13.1. The van der Waals surface area contributed by atoms with Crippen molar-refractivity contribution in [3.8, 4) is 0 Å². The van der Waals surface area contributed by atoms with Gasteiger partial charge in [-0.3, -0.25) is 4.68 Å². The van der Waals surface area contributed by atoms with Gasteiger partial charge in [0.2, 0.25) is 0 Å². The quantitative estimate of drug-likeness (QED) is 0.433. The molecule has 0 unspecified atom stereocenters. The standard InChI is InChI=1S/C25H26N6O3/c1-18-23(19(2)34-29-18)17-30-16-22(15-28-30)31(24(32)26-13-20-9-5-3-6-10-20)25(33)27-14-21-11-7-4-8-12-21/h3-12,15-16H,13-14,17H2,1-2H3,(H,26,32)(H,27,33). The van der Waals surface area contributed by atoms with Crippen LogP contribution in [0.25, 0.3) is 0 Å². The first-order valence-corrected chi connectivity index (χ1v) is 10.9. The molecule has 2 aromatic carbocycles. The van der Waals surface area contributed by atoms with Crippen LogP contribution in [0.3, 0.4) is 0 Å². The number of benzene rings is 2. The molecule has 2 aromatic heterocycles. The molecule has 0 atom stereocenters. The van der Waals surface area contributed by atoms with Gasteiger partial charge >= 0.3 is 12.1 Å². The third-order valence-corrected chi connectivity index (χ3v) is 5.36. The molecule has 9 nitrogen and oxygen atoms in total. The number of hydrogen-bond donors (Lipinski definition) is 2. The summed E-state index contributed by atoms with van der Waals surface area (Å²) < 4.78 is 6.86. The molecule has 0 aliphatic heterocycles. The summed E-state index contributed by atoms with van der Waals surface area (Å²) in [5, 5.41) is 13.9. The van der Waals surface area contributed by atoms with E-state index in [1.165, 1.54) is 6.20 Å². The van der Waals surface area contributed by atoms with Crippen LogP contribution >= 0.6 is 0 Å². The number of aromatic nitrogens is 3. The fourth-order valence-corrected chi connectivity index (χ4v) is 3.48. The highest BCUT2D eigenvalue weighted by atomic mass is 16.5. The molecule has 0 saturated heterocycles. The van der Waals surface area contributed by atoms with E-state index in [0.29, 0.717) is 18.0 Å². The Morgan fingerprint density at radius 1 is 0.912 bits per heavy atom. The number of amides is 4. The predicted octanol–water partition coefficient (Wildman–Crippen LogP) is 4.16. The molecule has 0 aliphatic rings. The Labute approximate surface area is 197 Å². The van der Waals surface area contributed by atoms with Crippen LogP contribution in [0.5, 0.6) is 0 Å². The summed E-state index contributed by atoms with van der Waals surface area (Å²) in [4.78, 5) is 27.3. The fourth-order valence-electron chi connectivity index (χ4n) is 3.48. The van der Waals surface area contributed by atoms with Crippen molar-refractivity contribution in [2.45, 2.75) is 33.5 Å². The second kappa shape index (κ2) is 10.5. The molecule has 4 amide bonds. The second-order valence-corrected chi connectivity index (χ2v) is 7.82. The summed E-state index contributed by atoms with van der Waals surface area (Å²) in [6, 6.07) is 17.9. The smallest absolute Gasteiger partial charge is 0.330 e. The van der Waals surface area contributed by atoms with Gasteiger partial charge in [-0.15, -0.1) is 0 Å². The Morgan fingerprint density at radius 2 is 1.47 bits per heavy atom. The van der Waals surface area contributed by atoms with Crippen molar-refractivity contribution in [2.75, 3.05) is 4.90 Å². The van der Waals surface area contributed by atoms with Crippen LogP contribution in [0, 0.1) is 13.8 Å². The molecular formula is C25H26N6O3. The highest BCUT2D eigenvalue weighted by Crippen LogP contribution is 2.18.